The molecule has 1 aliphatic carbocycles. The first kappa shape index (κ1) is 29.9. The van der Waals surface area contributed by atoms with Gasteiger partial charge in [0.1, 0.15) is 5.25 Å². The van der Waals surface area contributed by atoms with Crippen LogP contribution >= 0.6 is 11.8 Å². The highest BCUT2D eigenvalue weighted by atomic mass is 32.2. The average molecular weight is 609 g/mol. The average Bonchev–Trinajstić information content (AvgIpc) is 3.71. The molecule has 0 radical (unpaired) electrons. The third kappa shape index (κ3) is 6.75. The van der Waals surface area contributed by atoms with Gasteiger partial charge in [0.05, 0.1) is 29.2 Å². The highest BCUT2D eigenvalue weighted by Crippen LogP contribution is 2.54. The number of hydrogen-bond acceptors (Lipinski definition) is 7. The minimum absolute atomic E-state index is 0.203. The highest BCUT2D eigenvalue weighted by Gasteiger charge is 2.44. The third-order valence-corrected chi connectivity index (χ3v) is 11.2. The Labute approximate surface area is 244 Å². The van der Waals surface area contributed by atoms with Gasteiger partial charge in [-0.1, -0.05) is 0 Å². The molecule has 3 fully saturated rings. The number of carbonyl (C=O) groups excluding carboxylic acids is 1. The number of sulfonamides is 1. The van der Waals surface area contributed by atoms with Crippen molar-refractivity contribution in [3.8, 4) is 0 Å². The number of aliphatic hydroxyl groups excluding tert-OH is 1. The van der Waals surface area contributed by atoms with Crippen LogP contribution in [0.2, 0.25) is 0 Å². The third-order valence-electron chi connectivity index (χ3n) is 8.68. The van der Waals surface area contributed by atoms with Crippen molar-refractivity contribution in [2.24, 2.45) is 5.41 Å². The fourth-order valence-electron chi connectivity index (χ4n) is 5.60. The number of amides is 1. The van der Waals surface area contributed by atoms with Gasteiger partial charge < -0.3 is 20.2 Å². The number of anilines is 4. The van der Waals surface area contributed by atoms with Gasteiger partial charge in [-0.05, 0) is 80.7 Å². The molecule has 2 heterocycles. The van der Waals surface area contributed by atoms with Gasteiger partial charge in [0.25, 0.3) is 11.8 Å². The molecular formula is C29H38F2N4O4S2. The maximum atomic E-state index is 13.8. The van der Waals surface area contributed by atoms with Crippen molar-refractivity contribution < 1.29 is 27.1 Å². The Morgan fingerprint density at radius 1 is 0.951 bits per heavy atom. The van der Waals surface area contributed by atoms with E-state index >= 15 is 0 Å². The molecular weight excluding hydrogens is 570 g/mol. The summed E-state index contributed by atoms with van der Waals surface area (Å²) >= 11 is 1.53. The number of nitrogens with one attached hydrogen (secondary N) is 2. The lowest BCUT2D eigenvalue weighted by Crippen LogP contribution is -2.39. The van der Waals surface area contributed by atoms with Gasteiger partial charge in [0, 0.05) is 49.6 Å². The summed E-state index contributed by atoms with van der Waals surface area (Å²) in [5.41, 5.74) is 3.19. The largest absolute Gasteiger partial charge is 0.395 e. The van der Waals surface area contributed by atoms with Crippen molar-refractivity contribution in [2.45, 2.75) is 61.5 Å². The number of nitrogens with zero attached hydrogens (tertiary/aromatic N) is 2. The second-order valence-corrected chi connectivity index (χ2v) is 14.5. The van der Waals surface area contributed by atoms with Crippen LogP contribution in [0.3, 0.4) is 0 Å². The molecule has 2 aromatic rings. The first-order valence-corrected chi connectivity index (χ1v) is 16.9. The van der Waals surface area contributed by atoms with Gasteiger partial charge in [0.15, 0.2) is 0 Å². The molecule has 1 amide bonds. The van der Waals surface area contributed by atoms with Gasteiger partial charge in [-0.25, -0.2) is 17.2 Å². The van der Waals surface area contributed by atoms with Gasteiger partial charge in [-0.15, -0.1) is 11.8 Å². The molecule has 8 nitrogen and oxygen atoms in total. The van der Waals surface area contributed by atoms with Crippen LogP contribution in [0.4, 0.5) is 31.5 Å². The normalized spacial score (nSPS) is 20.5. The molecule has 41 heavy (non-hydrogen) atoms. The molecule has 5 rings (SSSR count). The molecule has 2 saturated heterocycles. The maximum absolute atomic E-state index is 13.8. The minimum atomic E-state index is -3.80. The van der Waals surface area contributed by atoms with Gasteiger partial charge >= 0.3 is 0 Å². The fraction of sp³-hybridized carbons (Fsp3) is 0.552. The van der Waals surface area contributed by atoms with Crippen molar-refractivity contribution in [1.29, 1.82) is 0 Å². The number of benzene rings is 2. The number of aliphatic hydroxyl groups is 1. The summed E-state index contributed by atoms with van der Waals surface area (Å²) in [6.45, 7) is 2.95. The van der Waals surface area contributed by atoms with E-state index in [0.29, 0.717) is 28.0 Å². The first-order valence-electron chi connectivity index (χ1n) is 14.1. The second-order valence-electron chi connectivity index (χ2n) is 11.5. The molecule has 3 aliphatic rings. The lowest BCUT2D eigenvalue weighted by molar-refractivity contribution is -0.0221. The number of rotatable bonds is 9. The molecule has 0 unspecified atom stereocenters. The molecule has 2 aromatic carbocycles. The lowest BCUT2D eigenvalue weighted by Gasteiger charge is -2.35. The standard InChI is InChI=1S/C29H38F2N4O4S2/c1-20(19-36)41(38,39)33-22-3-5-23(24(18-22)34-13-9-28(7-8-28)10-14-34)27(37)32-21-4-6-26(40-2)25(17-21)35-15-11-29(30,31)12-16-35/h3-6,17-18,20,33,36H,7-16,19H2,1-2H3,(H,32,37)/t20-/m0/s1. The molecule has 0 aromatic heterocycles. The summed E-state index contributed by atoms with van der Waals surface area (Å²) in [5, 5.41) is 11.4. The molecule has 224 valence electrons. The highest BCUT2D eigenvalue weighted by molar-refractivity contribution is 7.98. The smallest absolute Gasteiger partial charge is 0.257 e. The van der Waals surface area contributed by atoms with E-state index in [0.717, 1.165) is 36.5 Å². The van der Waals surface area contributed by atoms with Crippen LogP contribution < -0.4 is 19.8 Å². The predicted molar refractivity (Wildman–Crippen MR) is 161 cm³/mol. The number of piperidine rings is 2. The molecule has 12 heteroatoms. The molecule has 1 spiro atoms. The summed E-state index contributed by atoms with van der Waals surface area (Å²) < 4.78 is 55.3. The summed E-state index contributed by atoms with van der Waals surface area (Å²) in [4.78, 5) is 18.7. The van der Waals surface area contributed by atoms with E-state index in [4.69, 9.17) is 0 Å². The number of carbonyl (C=O) groups is 1. The number of thioether (sulfide) groups is 1. The quantitative estimate of drug-likeness (QED) is 0.328. The Morgan fingerprint density at radius 2 is 1.54 bits per heavy atom. The van der Waals surface area contributed by atoms with Crippen LogP contribution in [0.25, 0.3) is 0 Å². The number of alkyl halides is 2. The topological polar surface area (TPSA) is 102 Å². The summed E-state index contributed by atoms with van der Waals surface area (Å²) in [6, 6.07) is 10.4. The van der Waals surface area contributed by atoms with E-state index in [1.54, 1.807) is 18.2 Å². The fourth-order valence-corrected chi connectivity index (χ4v) is 7.05. The van der Waals surface area contributed by atoms with Crippen LogP contribution in [0, 0.1) is 5.41 Å². The summed E-state index contributed by atoms with van der Waals surface area (Å²) in [6.07, 6.45) is 6.05. The lowest BCUT2D eigenvalue weighted by atomic mass is 9.93. The molecule has 2 aliphatic heterocycles. The zero-order valence-corrected chi connectivity index (χ0v) is 25.1. The maximum Gasteiger partial charge on any atom is 0.257 e. The molecule has 1 atom stereocenters. The van der Waals surface area contributed by atoms with Crippen LogP contribution in [0.15, 0.2) is 41.3 Å². The molecule has 1 saturated carbocycles. The summed E-state index contributed by atoms with van der Waals surface area (Å²) in [7, 11) is -3.80. The van der Waals surface area contributed by atoms with Gasteiger partial charge in [0.2, 0.25) is 10.0 Å². The SMILES string of the molecule is CSc1ccc(NC(=O)c2ccc(NS(=O)(=O)[C@@H](C)CO)cc2N2CCC3(CC2)CC3)cc1N1CCC(F)(F)CC1. The van der Waals surface area contributed by atoms with Crippen LogP contribution in [0.5, 0.6) is 0 Å². The Kier molecular flexibility index (Phi) is 8.46. The van der Waals surface area contributed by atoms with E-state index in [-0.39, 0.29) is 31.8 Å². The van der Waals surface area contributed by atoms with Crippen LogP contribution in [-0.4, -0.2) is 69.6 Å². The minimum Gasteiger partial charge on any atom is -0.395 e. The summed E-state index contributed by atoms with van der Waals surface area (Å²) in [5.74, 6) is -2.99. The van der Waals surface area contributed by atoms with E-state index in [9.17, 15) is 27.1 Å². The molecule has 0 bridgehead atoms. The Hall–Kier alpha value is -2.57. The van der Waals surface area contributed by atoms with Crippen molar-refractivity contribution in [3.05, 3.63) is 42.0 Å². The Morgan fingerprint density at radius 3 is 2.15 bits per heavy atom. The van der Waals surface area contributed by atoms with E-state index in [2.05, 4.69) is 14.9 Å². The van der Waals surface area contributed by atoms with Gasteiger partial charge in [-0.2, -0.15) is 0 Å². The number of hydrogen-bond donors (Lipinski definition) is 3. The van der Waals surface area contributed by atoms with E-state index in [1.165, 1.54) is 31.5 Å². The van der Waals surface area contributed by atoms with Crippen LogP contribution in [0.1, 0.15) is 55.8 Å². The van der Waals surface area contributed by atoms with Gasteiger partial charge in [-0.3, -0.25) is 9.52 Å². The molecule has 3 N–H and O–H groups in total. The number of halogens is 2. The zero-order chi connectivity index (χ0) is 29.4. The monoisotopic (exact) mass is 608 g/mol. The second kappa shape index (κ2) is 11.6. The van der Waals surface area contributed by atoms with Crippen molar-refractivity contribution in [2.75, 3.05) is 58.9 Å². The van der Waals surface area contributed by atoms with Crippen molar-refractivity contribution in [1.82, 2.24) is 0 Å². The Balaban J connectivity index is 1.40. The first-order chi connectivity index (χ1) is 19.4. The predicted octanol–water partition coefficient (Wildman–Crippen LogP) is 5.40. The zero-order valence-electron chi connectivity index (χ0n) is 23.5. The van der Waals surface area contributed by atoms with E-state index in [1.807, 2.05) is 29.4 Å². The van der Waals surface area contributed by atoms with Crippen molar-refractivity contribution in [3.63, 3.8) is 0 Å². The Bertz CT molecular complexity index is 1380. The van der Waals surface area contributed by atoms with Crippen LogP contribution in [-0.2, 0) is 10.0 Å². The van der Waals surface area contributed by atoms with Crippen molar-refractivity contribution >= 4 is 50.4 Å². The van der Waals surface area contributed by atoms with E-state index < -0.39 is 27.8 Å².